The molecular weight excluding hydrogens is 354 g/mol. The number of anilines is 1. The monoisotopic (exact) mass is 375 g/mol. The van der Waals surface area contributed by atoms with Crippen LogP contribution in [0.4, 0.5) is 5.69 Å². The van der Waals surface area contributed by atoms with E-state index < -0.39 is 10.1 Å². The van der Waals surface area contributed by atoms with E-state index in [2.05, 4.69) is 12.5 Å². The second kappa shape index (κ2) is 7.67. The molecular formula is C19H21NO5S. The van der Waals surface area contributed by atoms with E-state index in [-0.39, 0.29) is 23.6 Å². The van der Waals surface area contributed by atoms with Gasteiger partial charge in [0.05, 0.1) is 25.3 Å². The highest BCUT2D eigenvalue weighted by Crippen LogP contribution is 2.37. The van der Waals surface area contributed by atoms with Gasteiger partial charge in [0.1, 0.15) is 11.5 Å². The maximum absolute atomic E-state index is 12.5. The highest BCUT2D eigenvalue weighted by atomic mass is 32.2. The molecule has 6 nitrogen and oxygen atoms in total. The molecule has 0 spiro atoms. The van der Waals surface area contributed by atoms with Crippen molar-refractivity contribution in [1.82, 2.24) is 0 Å². The standard InChI is InChI=1S/C19H21NO5S/c1-6-7-17-18(12-13(2)14(3)25-26(5,22)23)20(19(17)21)15-8-10-16(24-4)11-9-15/h1,8-12,17-18H,3,7H2,2,4-5H3/b13-12+. The third-order valence-corrected chi connectivity index (χ3v) is 4.57. The van der Waals surface area contributed by atoms with Crippen LogP contribution in [0.25, 0.3) is 0 Å². The Hall–Kier alpha value is -2.72. The summed E-state index contributed by atoms with van der Waals surface area (Å²) in [5, 5.41) is 0. The molecule has 1 aromatic rings. The number of rotatable bonds is 7. The van der Waals surface area contributed by atoms with Gasteiger partial charge in [0.15, 0.2) is 0 Å². The number of terminal acetylenes is 1. The summed E-state index contributed by atoms with van der Waals surface area (Å²) < 4.78 is 32.5. The number of ether oxygens (including phenoxy) is 1. The normalized spacial score (nSPS) is 20.2. The average Bonchev–Trinajstić information content (AvgIpc) is 2.58. The number of methoxy groups -OCH3 is 1. The van der Waals surface area contributed by atoms with Crippen LogP contribution < -0.4 is 9.64 Å². The van der Waals surface area contributed by atoms with Crippen LogP contribution in [0, 0.1) is 18.3 Å². The van der Waals surface area contributed by atoms with E-state index in [9.17, 15) is 13.2 Å². The Morgan fingerprint density at radius 3 is 2.50 bits per heavy atom. The molecule has 1 aliphatic rings. The number of hydrogen-bond donors (Lipinski definition) is 0. The van der Waals surface area contributed by atoms with Crippen LogP contribution in [0.2, 0.25) is 0 Å². The number of nitrogens with zero attached hydrogens (tertiary/aromatic N) is 1. The molecule has 2 atom stereocenters. The number of β-lactam (4-membered cyclic amide) rings is 1. The lowest BCUT2D eigenvalue weighted by molar-refractivity contribution is -0.128. The van der Waals surface area contributed by atoms with E-state index in [4.69, 9.17) is 15.3 Å². The van der Waals surface area contributed by atoms with Crippen LogP contribution in [0.15, 0.2) is 48.3 Å². The van der Waals surface area contributed by atoms with Crippen LogP contribution >= 0.6 is 0 Å². The summed E-state index contributed by atoms with van der Waals surface area (Å²) in [6.45, 7) is 5.31. The minimum Gasteiger partial charge on any atom is -0.497 e. The Labute approximate surface area is 154 Å². The summed E-state index contributed by atoms with van der Waals surface area (Å²) in [5.74, 6) is 2.75. The maximum Gasteiger partial charge on any atom is 0.306 e. The number of carbonyl (C=O) groups is 1. The Morgan fingerprint density at radius 1 is 1.38 bits per heavy atom. The Morgan fingerprint density at radius 2 is 2.00 bits per heavy atom. The van der Waals surface area contributed by atoms with Gasteiger partial charge in [-0.1, -0.05) is 12.7 Å². The first-order valence-electron chi connectivity index (χ1n) is 7.85. The number of benzene rings is 1. The lowest BCUT2D eigenvalue weighted by Gasteiger charge is -2.45. The minimum atomic E-state index is -3.67. The Balaban J connectivity index is 2.30. The first-order valence-corrected chi connectivity index (χ1v) is 9.67. The summed E-state index contributed by atoms with van der Waals surface area (Å²) in [5.41, 5.74) is 1.22. The molecule has 26 heavy (non-hydrogen) atoms. The van der Waals surface area contributed by atoms with Gasteiger partial charge in [-0.25, -0.2) is 0 Å². The molecule has 1 aromatic carbocycles. The molecule has 1 aliphatic heterocycles. The molecule has 0 bridgehead atoms. The lowest BCUT2D eigenvalue weighted by Crippen LogP contribution is -2.60. The van der Waals surface area contributed by atoms with Gasteiger partial charge >= 0.3 is 10.1 Å². The molecule has 0 N–H and O–H groups in total. The number of carbonyl (C=O) groups excluding carboxylic acids is 1. The van der Waals surface area contributed by atoms with Gasteiger partial charge in [0.2, 0.25) is 5.91 Å². The average molecular weight is 375 g/mol. The Kier molecular flexibility index (Phi) is 5.78. The summed E-state index contributed by atoms with van der Waals surface area (Å²) in [7, 11) is -2.10. The quantitative estimate of drug-likeness (QED) is 0.241. The van der Waals surface area contributed by atoms with Gasteiger partial charge in [-0.05, 0) is 36.8 Å². The van der Waals surface area contributed by atoms with Gasteiger partial charge in [-0.2, -0.15) is 8.42 Å². The van der Waals surface area contributed by atoms with Crippen LogP contribution in [-0.2, 0) is 19.1 Å². The predicted octanol–water partition coefficient (Wildman–Crippen LogP) is 2.49. The molecule has 1 amide bonds. The third-order valence-electron chi connectivity index (χ3n) is 4.07. The second-order valence-electron chi connectivity index (χ2n) is 5.97. The van der Waals surface area contributed by atoms with Crippen LogP contribution in [-0.4, -0.2) is 33.7 Å². The van der Waals surface area contributed by atoms with E-state index in [1.807, 2.05) is 0 Å². The van der Waals surface area contributed by atoms with Crippen LogP contribution in [0.3, 0.4) is 0 Å². The molecule has 0 aliphatic carbocycles. The van der Waals surface area contributed by atoms with Gasteiger partial charge in [0, 0.05) is 12.1 Å². The van der Waals surface area contributed by atoms with Gasteiger partial charge in [-0.3, -0.25) is 4.79 Å². The van der Waals surface area contributed by atoms with E-state index in [1.165, 1.54) is 0 Å². The third kappa shape index (κ3) is 4.27. The van der Waals surface area contributed by atoms with Gasteiger partial charge in [-0.15, -0.1) is 12.3 Å². The molecule has 0 radical (unpaired) electrons. The molecule has 1 saturated heterocycles. The van der Waals surface area contributed by atoms with E-state index in [1.54, 1.807) is 49.3 Å². The zero-order valence-corrected chi connectivity index (χ0v) is 15.7. The summed E-state index contributed by atoms with van der Waals surface area (Å²) in [6, 6.07) is 6.76. The SMILES string of the molecule is C#CCC1C(=O)N(c2ccc(OC)cc2)C1/C=C(\C)C(=C)OS(C)(=O)=O. The number of amides is 1. The minimum absolute atomic E-state index is 0.0148. The van der Waals surface area contributed by atoms with Crippen molar-refractivity contribution in [2.24, 2.45) is 5.92 Å². The largest absolute Gasteiger partial charge is 0.497 e. The molecule has 138 valence electrons. The topological polar surface area (TPSA) is 72.9 Å². The first-order chi connectivity index (χ1) is 12.2. The van der Waals surface area contributed by atoms with Gasteiger partial charge in [0.25, 0.3) is 0 Å². The fourth-order valence-corrected chi connectivity index (χ4v) is 3.23. The van der Waals surface area contributed by atoms with E-state index in [0.29, 0.717) is 23.4 Å². The van der Waals surface area contributed by atoms with Crippen molar-refractivity contribution in [3.05, 3.63) is 48.3 Å². The molecule has 0 aromatic heterocycles. The maximum atomic E-state index is 12.5. The zero-order valence-electron chi connectivity index (χ0n) is 14.9. The smallest absolute Gasteiger partial charge is 0.306 e. The lowest BCUT2D eigenvalue weighted by atomic mass is 9.83. The Bertz CT molecular complexity index is 877. The van der Waals surface area contributed by atoms with E-state index in [0.717, 1.165) is 6.26 Å². The van der Waals surface area contributed by atoms with Gasteiger partial charge < -0.3 is 13.8 Å². The predicted molar refractivity (Wildman–Crippen MR) is 100 cm³/mol. The molecule has 2 unspecified atom stereocenters. The fraction of sp³-hybridized carbons (Fsp3) is 0.316. The number of allylic oxidation sites excluding steroid dienone is 1. The molecule has 7 heteroatoms. The first kappa shape index (κ1) is 19.6. The van der Waals surface area contributed by atoms with Crippen LogP contribution in [0.5, 0.6) is 5.75 Å². The van der Waals surface area contributed by atoms with Crippen molar-refractivity contribution in [3.8, 4) is 18.1 Å². The summed E-state index contributed by atoms with van der Waals surface area (Å²) in [6.07, 6.45) is 8.37. The summed E-state index contributed by atoms with van der Waals surface area (Å²) in [4.78, 5) is 14.1. The van der Waals surface area contributed by atoms with Crippen molar-refractivity contribution in [2.75, 3.05) is 18.3 Å². The van der Waals surface area contributed by atoms with Crippen molar-refractivity contribution >= 4 is 21.7 Å². The molecule has 2 rings (SSSR count). The second-order valence-corrected chi connectivity index (χ2v) is 7.55. The molecule has 1 fully saturated rings. The fourth-order valence-electron chi connectivity index (χ4n) is 2.73. The number of hydrogen-bond acceptors (Lipinski definition) is 5. The van der Waals surface area contributed by atoms with Crippen molar-refractivity contribution in [2.45, 2.75) is 19.4 Å². The molecule has 0 saturated carbocycles. The molecule has 1 heterocycles. The van der Waals surface area contributed by atoms with Crippen molar-refractivity contribution in [3.63, 3.8) is 0 Å². The van der Waals surface area contributed by atoms with Crippen molar-refractivity contribution in [1.29, 1.82) is 0 Å². The highest BCUT2D eigenvalue weighted by Gasteiger charge is 2.46. The van der Waals surface area contributed by atoms with Crippen LogP contribution in [0.1, 0.15) is 13.3 Å². The highest BCUT2D eigenvalue weighted by molar-refractivity contribution is 7.86. The van der Waals surface area contributed by atoms with Crippen molar-refractivity contribution < 1.29 is 22.1 Å². The van der Waals surface area contributed by atoms with E-state index >= 15 is 0 Å². The summed E-state index contributed by atoms with van der Waals surface area (Å²) >= 11 is 0. The zero-order chi connectivity index (χ0) is 19.5.